The van der Waals surface area contributed by atoms with Crippen molar-refractivity contribution in [3.8, 4) is 5.75 Å². The van der Waals surface area contributed by atoms with Gasteiger partial charge in [0.05, 0.1) is 12.2 Å². The number of aliphatic hydroxyl groups is 2. The predicted octanol–water partition coefficient (Wildman–Crippen LogP) is 1.64. The standard InChI is InChI=1S/C11H15FO3/c1-7(13)6-15-9-3-4-10(8(2)14)11(12)5-9/h3-5,7-8,13-14H,6H2,1-2H3/t7?,8-/m0/s1. The summed E-state index contributed by atoms with van der Waals surface area (Å²) in [6, 6.07) is 4.23. The SMILES string of the molecule is CC(O)COc1ccc([C@H](C)O)c(F)c1. The van der Waals surface area contributed by atoms with E-state index in [1.54, 1.807) is 13.0 Å². The summed E-state index contributed by atoms with van der Waals surface area (Å²) < 4.78 is 18.4. The molecule has 0 aromatic heterocycles. The van der Waals surface area contributed by atoms with E-state index in [9.17, 15) is 9.50 Å². The first-order valence-corrected chi connectivity index (χ1v) is 4.79. The molecular weight excluding hydrogens is 199 g/mol. The lowest BCUT2D eigenvalue weighted by atomic mass is 10.1. The van der Waals surface area contributed by atoms with E-state index in [1.165, 1.54) is 19.1 Å². The summed E-state index contributed by atoms with van der Waals surface area (Å²) in [6.45, 7) is 3.20. The Labute approximate surface area is 88.1 Å². The van der Waals surface area contributed by atoms with Crippen LogP contribution in [0, 0.1) is 5.82 Å². The second-order valence-corrected chi connectivity index (χ2v) is 3.52. The lowest BCUT2D eigenvalue weighted by Crippen LogP contribution is -2.13. The molecule has 1 rings (SSSR count). The molecular formula is C11H15FO3. The highest BCUT2D eigenvalue weighted by Gasteiger charge is 2.09. The maximum absolute atomic E-state index is 13.3. The molecule has 3 nitrogen and oxygen atoms in total. The smallest absolute Gasteiger partial charge is 0.132 e. The molecule has 0 aliphatic rings. The van der Waals surface area contributed by atoms with E-state index in [0.717, 1.165) is 0 Å². The van der Waals surface area contributed by atoms with Gasteiger partial charge >= 0.3 is 0 Å². The van der Waals surface area contributed by atoms with Crippen LogP contribution in [0.4, 0.5) is 4.39 Å². The van der Waals surface area contributed by atoms with Crippen LogP contribution >= 0.6 is 0 Å². The maximum Gasteiger partial charge on any atom is 0.132 e. The fourth-order valence-electron chi connectivity index (χ4n) is 1.15. The van der Waals surface area contributed by atoms with Gasteiger partial charge in [0, 0.05) is 11.6 Å². The lowest BCUT2D eigenvalue weighted by Gasteiger charge is -2.10. The fourth-order valence-corrected chi connectivity index (χ4v) is 1.15. The summed E-state index contributed by atoms with van der Waals surface area (Å²) in [7, 11) is 0. The van der Waals surface area contributed by atoms with E-state index >= 15 is 0 Å². The summed E-state index contributed by atoms with van der Waals surface area (Å²) in [5, 5.41) is 18.2. The Bertz CT molecular complexity index is 324. The first-order valence-electron chi connectivity index (χ1n) is 4.79. The summed E-state index contributed by atoms with van der Waals surface area (Å²) in [5.74, 6) is -0.161. The topological polar surface area (TPSA) is 49.7 Å². The van der Waals surface area contributed by atoms with Gasteiger partial charge in [0.2, 0.25) is 0 Å². The van der Waals surface area contributed by atoms with Crippen molar-refractivity contribution >= 4 is 0 Å². The zero-order chi connectivity index (χ0) is 11.4. The van der Waals surface area contributed by atoms with Crippen LogP contribution in [0.2, 0.25) is 0 Å². The molecule has 4 heteroatoms. The largest absolute Gasteiger partial charge is 0.491 e. The monoisotopic (exact) mass is 214 g/mol. The molecule has 0 spiro atoms. The zero-order valence-electron chi connectivity index (χ0n) is 8.77. The molecule has 2 N–H and O–H groups in total. The molecule has 1 aromatic carbocycles. The van der Waals surface area contributed by atoms with Gasteiger partial charge in [-0.2, -0.15) is 0 Å². The van der Waals surface area contributed by atoms with Gasteiger partial charge in [0.25, 0.3) is 0 Å². The molecule has 0 heterocycles. The molecule has 0 bridgehead atoms. The van der Waals surface area contributed by atoms with E-state index in [2.05, 4.69) is 0 Å². The Morgan fingerprint density at radius 1 is 1.33 bits per heavy atom. The zero-order valence-corrected chi connectivity index (χ0v) is 8.77. The van der Waals surface area contributed by atoms with Gasteiger partial charge in [0.1, 0.15) is 18.2 Å². The third-order valence-electron chi connectivity index (χ3n) is 1.91. The molecule has 84 valence electrons. The van der Waals surface area contributed by atoms with Crippen LogP contribution in [-0.4, -0.2) is 22.9 Å². The highest BCUT2D eigenvalue weighted by molar-refractivity contribution is 5.29. The molecule has 0 fully saturated rings. The summed E-state index contributed by atoms with van der Waals surface area (Å²) in [5.41, 5.74) is 0.236. The van der Waals surface area contributed by atoms with Crippen molar-refractivity contribution in [3.63, 3.8) is 0 Å². The molecule has 0 radical (unpaired) electrons. The minimum absolute atomic E-state index is 0.119. The number of benzene rings is 1. The van der Waals surface area contributed by atoms with Gasteiger partial charge in [-0.1, -0.05) is 0 Å². The molecule has 2 atom stereocenters. The molecule has 1 aromatic rings. The van der Waals surface area contributed by atoms with Crippen molar-refractivity contribution in [1.82, 2.24) is 0 Å². The molecule has 1 unspecified atom stereocenters. The molecule has 0 amide bonds. The van der Waals surface area contributed by atoms with Crippen molar-refractivity contribution < 1.29 is 19.3 Å². The van der Waals surface area contributed by atoms with Crippen LogP contribution in [0.5, 0.6) is 5.75 Å². The first kappa shape index (κ1) is 11.9. The Hall–Kier alpha value is -1.13. The van der Waals surface area contributed by atoms with Gasteiger partial charge in [-0.3, -0.25) is 0 Å². The summed E-state index contributed by atoms with van der Waals surface area (Å²) in [4.78, 5) is 0. The molecule has 0 saturated carbocycles. The van der Waals surface area contributed by atoms with Crippen LogP contribution < -0.4 is 4.74 Å². The maximum atomic E-state index is 13.3. The van der Waals surface area contributed by atoms with Crippen molar-refractivity contribution in [1.29, 1.82) is 0 Å². The normalized spacial score (nSPS) is 14.7. The van der Waals surface area contributed by atoms with Crippen LogP contribution in [0.1, 0.15) is 25.5 Å². The minimum atomic E-state index is -0.837. The van der Waals surface area contributed by atoms with E-state index < -0.39 is 18.0 Å². The van der Waals surface area contributed by atoms with Gasteiger partial charge in [0.15, 0.2) is 0 Å². The number of ether oxygens (including phenoxy) is 1. The fraction of sp³-hybridized carbons (Fsp3) is 0.455. The third kappa shape index (κ3) is 3.49. The second-order valence-electron chi connectivity index (χ2n) is 3.52. The second kappa shape index (κ2) is 5.09. The van der Waals surface area contributed by atoms with Crippen LogP contribution in [0.3, 0.4) is 0 Å². The van der Waals surface area contributed by atoms with Crippen molar-refractivity contribution in [3.05, 3.63) is 29.6 Å². The average molecular weight is 214 g/mol. The van der Waals surface area contributed by atoms with E-state index in [1.807, 2.05) is 0 Å². The van der Waals surface area contributed by atoms with E-state index in [-0.39, 0.29) is 12.2 Å². The van der Waals surface area contributed by atoms with Crippen molar-refractivity contribution in [2.24, 2.45) is 0 Å². The van der Waals surface area contributed by atoms with Gasteiger partial charge in [-0.15, -0.1) is 0 Å². The van der Waals surface area contributed by atoms with Crippen LogP contribution in [0.15, 0.2) is 18.2 Å². The number of hydrogen-bond acceptors (Lipinski definition) is 3. The lowest BCUT2D eigenvalue weighted by molar-refractivity contribution is 0.122. The van der Waals surface area contributed by atoms with E-state index in [4.69, 9.17) is 9.84 Å². The van der Waals surface area contributed by atoms with Gasteiger partial charge < -0.3 is 14.9 Å². The van der Waals surface area contributed by atoms with Gasteiger partial charge in [-0.05, 0) is 26.0 Å². The Morgan fingerprint density at radius 3 is 2.47 bits per heavy atom. The van der Waals surface area contributed by atoms with E-state index in [0.29, 0.717) is 5.75 Å². The van der Waals surface area contributed by atoms with Crippen LogP contribution in [0.25, 0.3) is 0 Å². The predicted molar refractivity (Wildman–Crippen MR) is 54.2 cm³/mol. The summed E-state index contributed by atoms with van der Waals surface area (Å²) >= 11 is 0. The van der Waals surface area contributed by atoms with Gasteiger partial charge in [-0.25, -0.2) is 4.39 Å². The molecule has 0 aliphatic heterocycles. The molecule has 0 saturated heterocycles. The Kier molecular flexibility index (Phi) is 4.05. The number of hydrogen-bond donors (Lipinski definition) is 2. The molecule has 15 heavy (non-hydrogen) atoms. The Balaban J connectivity index is 2.73. The minimum Gasteiger partial charge on any atom is -0.491 e. The number of rotatable bonds is 4. The Morgan fingerprint density at radius 2 is 2.00 bits per heavy atom. The first-order chi connectivity index (χ1) is 7.00. The highest BCUT2D eigenvalue weighted by Crippen LogP contribution is 2.21. The molecule has 0 aliphatic carbocycles. The van der Waals surface area contributed by atoms with Crippen molar-refractivity contribution in [2.75, 3.05) is 6.61 Å². The highest BCUT2D eigenvalue weighted by atomic mass is 19.1. The van der Waals surface area contributed by atoms with Crippen molar-refractivity contribution in [2.45, 2.75) is 26.1 Å². The average Bonchev–Trinajstić information content (AvgIpc) is 2.14. The number of aliphatic hydroxyl groups excluding tert-OH is 2. The van der Waals surface area contributed by atoms with Crippen LogP contribution in [-0.2, 0) is 0 Å². The number of halogens is 1. The quantitative estimate of drug-likeness (QED) is 0.801. The third-order valence-corrected chi connectivity index (χ3v) is 1.91. The summed E-state index contributed by atoms with van der Waals surface area (Å²) in [6.07, 6.45) is -1.43.